The number of carbonyl (C=O) groups is 1. The lowest BCUT2D eigenvalue weighted by molar-refractivity contribution is 0.0647. The molecule has 24 heavy (non-hydrogen) atoms. The fourth-order valence-electron chi connectivity index (χ4n) is 3.29. The number of pyridine rings is 1. The molecule has 126 valence electrons. The van der Waals surface area contributed by atoms with Crippen LogP contribution in [0.25, 0.3) is 11.3 Å². The summed E-state index contributed by atoms with van der Waals surface area (Å²) in [4.78, 5) is 19.1. The highest BCUT2D eigenvalue weighted by Gasteiger charge is 2.35. The molecular formula is C19H22N2O3. The second-order valence-corrected chi connectivity index (χ2v) is 6.08. The quantitative estimate of drug-likeness (QED) is 0.936. The van der Waals surface area contributed by atoms with Gasteiger partial charge in [-0.25, -0.2) is 0 Å². The number of methoxy groups -OCH3 is 1. The zero-order valence-corrected chi connectivity index (χ0v) is 14.0. The molecule has 1 N–H and O–H groups in total. The monoisotopic (exact) mass is 326 g/mol. The normalized spacial score (nSPS) is 20.4. The second-order valence-electron chi connectivity index (χ2n) is 6.08. The third kappa shape index (κ3) is 3.05. The van der Waals surface area contributed by atoms with Crippen molar-refractivity contribution in [2.45, 2.75) is 25.5 Å². The summed E-state index contributed by atoms with van der Waals surface area (Å²) < 4.78 is 5.37. The number of rotatable bonds is 4. The minimum atomic E-state index is -0.194. The lowest BCUT2D eigenvalue weighted by atomic mass is 9.98. The maximum absolute atomic E-state index is 13.0. The van der Waals surface area contributed by atoms with Gasteiger partial charge in [-0.3, -0.25) is 9.78 Å². The molecule has 5 nitrogen and oxygen atoms in total. The van der Waals surface area contributed by atoms with E-state index in [4.69, 9.17) is 4.74 Å². The standard InChI is InChI=1S/C19H22N2O3/c1-13-16(18-8-3-4-9-20-18)6-5-7-17(13)19(23)21-11-15(24-2)10-14(21)12-22/h3-9,14-15,22H,10-12H2,1-2H3/t14-,15+/m0/s1. The Hall–Kier alpha value is -2.24. The van der Waals surface area contributed by atoms with E-state index in [0.717, 1.165) is 16.8 Å². The van der Waals surface area contributed by atoms with E-state index in [2.05, 4.69) is 4.98 Å². The third-order valence-electron chi connectivity index (χ3n) is 4.69. The van der Waals surface area contributed by atoms with Gasteiger partial charge in [0.2, 0.25) is 0 Å². The van der Waals surface area contributed by atoms with E-state index < -0.39 is 0 Å². The lowest BCUT2D eigenvalue weighted by Crippen LogP contribution is -2.38. The first-order valence-corrected chi connectivity index (χ1v) is 8.11. The highest BCUT2D eigenvalue weighted by atomic mass is 16.5. The van der Waals surface area contributed by atoms with Crippen molar-refractivity contribution in [1.29, 1.82) is 0 Å². The zero-order valence-electron chi connectivity index (χ0n) is 14.0. The van der Waals surface area contributed by atoms with Gasteiger partial charge >= 0.3 is 0 Å². The van der Waals surface area contributed by atoms with Crippen LogP contribution in [0, 0.1) is 6.92 Å². The second kappa shape index (κ2) is 7.11. The van der Waals surface area contributed by atoms with Crippen molar-refractivity contribution in [3.8, 4) is 11.3 Å². The number of benzene rings is 1. The van der Waals surface area contributed by atoms with E-state index in [1.807, 2.05) is 43.3 Å². The molecule has 3 rings (SSSR count). The summed E-state index contributed by atoms with van der Waals surface area (Å²) in [5, 5.41) is 9.59. The predicted molar refractivity (Wildman–Crippen MR) is 91.7 cm³/mol. The van der Waals surface area contributed by atoms with Crippen LogP contribution in [0.15, 0.2) is 42.6 Å². The van der Waals surface area contributed by atoms with E-state index in [9.17, 15) is 9.90 Å². The Morgan fingerprint density at radius 2 is 2.17 bits per heavy atom. The molecule has 1 saturated heterocycles. The average Bonchev–Trinajstić information content (AvgIpc) is 3.05. The number of amides is 1. The third-order valence-corrected chi connectivity index (χ3v) is 4.69. The van der Waals surface area contributed by atoms with Crippen molar-refractivity contribution in [3.05, 3.63) is 53.7 Å². The van der Waals surface area contributed by atoms with E-state index >= 15 is 0 Å². The Morgan fingerprint density at radius 3 is 2.83 bits per heavy atom. The molecule has 0 radical (unpaired) electrons. The van der Waals surface area contributed by atoms with E-state index in [0.29, 0.717) is 18.5 Å². The zero-order chi connectivity index (χ0) is 17.1. The predicted octanol–water partition coefficient (Wildman–Crippen LogP) is 2.28. The summed E-state index contributed by atoms with van der Waals surface area (Å²) in [5.41, 5.74) is 3.34. The number of aliphatic hydroxyl groups excluding tert-OH is 1. The largest absolute Gasteiger partial charge is 0.394 e. The molecule has 0 bridgehead atoms. The minimum absolute atomic E-state index is 0.0228. The topological polar surface area (TPSA) is 62.7 Å². The molecule has 1 fully saturated rings. The van der Waals surface area contributed by atoms with Crippen LogP contribution in [0.4, 0.5) is 0 Å². The molecule has 2 aromatic rings. The summed E-state index contributed by atoms with van der Waals surface area (Å²) in [7, 11) is 1.64. The number of aliphatic hydroxyl groups is 1. The van der Waals surface area contributed by atoms with Crippen LogP contribution in [-0.4, -0.2) is 53.3 Å². The summed E-state index contributed by atoms with van der Waals surface area (Å²) in [6.07, 6.45) is 2.39. The first kappa shape index (κ1) is 16.6. The summed E-state index contributed by atoms with van der Waals surface area (Å²) in [5.74, 6) is -0.0659. The van der Waals surface area contributed by atoms with Gasteiger partial charge in [0.25, 0.3) is 5.91 Å². The number of aromatic nitrogens is 1. The molecule has 1 aromatic heterocycles. The van der Waals surface area contributed by atoms with Crippen LogP contribution >= 0.6 is 0 Å². The van der Waals surface area contributed by atoms with Gasteiger partial charge in [-0.1, -0.05) is 18.2 Å². The Labute approximate surface area is 141 Å². The molecule has 0 spiro atoms. The van der Waals surface area contributed by atoms with Gasteiger partial charge in [0.05, 0.1) is 24.4 Å². The Morgan fingerprint density at radius 1 is 1.33 bits per heavy atom. The smallest absolute Gasteiger partial charge is 0.254 e. The molecule has 0 aliphatic carbocycles. The molecule has 2 atom stereocenters. The van der Waals surface area contributed by atoms with Gasteiger partial charge < -0.3 is 14.7 Å². The van der Waals surface area contributed by atoms with Gasteiger partial charge in [-0.2, -0.15) is 0 Å². The van der Waals surface area contributed by atoms with Crippen LogP contribution in [0.3, 0.4) is 0 Å². The van der Waals surface area contributed by atoms with E-state index in [1.165, 1.54) is 0 Å². The number of hydrogen-bond acceptors (Lipinski definition) is 4. The number of nitrogens with zero attached hydrogens (tertiary/aromatic N) is 2. The van der Waals surface area contributed by atoms with E-state index in [1.54, 1.807) is 18.2 Å². The minimum Gasteiger partial charge on any atom is -0.394 e. The summed E-state index contributed by atoms with van der Waals surface area (Å²) >= 11 is 0. The maximum atomic E-state index is 13.0. The molecule has 5 heteroatoms. The van der Waals surface area contributed by atoms with Crippen LogP contribution in [-0.2, 0) is 4.74 Å². The molecule has 2 heterocycles. The van der Waals surface area contributed by atoms with Gasteiger partial charge in [-0.05, 0) is 37.1 Å². The average molecular weight is 326 g/mol. The van der Waals surface area contributed by atoms with Crippen molar-refractivity contribution < 1.29 is 14.6 Å². The first-order valence-electron chi connectivity index (χ1n) is 8.11. The Kier molecular flexibility index (Phi) is 4.92. The highest BCUT2D eigenvalue weighted by molar-refractivity contribution is 5.97. The van der Waals surface area contributed by atoms with Crippen molar-refractivity contribution >= 4 is 5.91 Å². The summed E-state index contributed by atoms with van der Waals surface area (Å²) in [6, 6.07) is 11.2. The van der Waals surface area contributed by atoms with Gasteiger partial charge in [0.1, 0.15) is 0 Å². The van der Waals surface area contributed by atoms with Crippen LogP contribution in [0.5, 0.6) is 0 Å². The highest BCUT2D eigenvalue weighted by Crippen LogP contribution is 2.27. The molecule has 1 aliphatic heterocycles. The van der Waals surface area contributed by atoms with Gasteiger partial charge in [0.15, 0.2) is 0 Å². The number of carbonyl (C=O) groups excluding carboxylic acids is 1. The first-order chi connectivity index (χ1) is 11.7. The summed E-state index contributed by atoms with van der Waals surface area (Å²) in [6.45, 7) is 2.40. The Balaban J connectivity index is 1.94. The molecular weight excluding hydrogens is 304 g/mol. The van der Waals surface area contributed by atoms with Crippen LogP contribution < -0.4 is 0 Å². The maximum Gasteiger partial charge on any atom is 0.254 e. The van der Waals surface area contributed by atoms with E-state index in [-0.39, 0.29) is 24.7 Å². The van der Waals surface area contributed by atoms with Crippen molar-refractivity contribution in [1.82, 2.24) is 9.88 Å². The molecule has 1 aliphatic rings. The lowest BCUT2D eigenvalue weighted by Gasteiger charge is -2.24. The molecule has 0 unspecified atom stereocenters. The van der Waals surface area contributed by atoms with Crippen molar-refractivity contribution in [2.24, 2.45) is 0 Å². The van der Waals surface area contributed by atoms with Crippen LogP contribution in [0.1, 0.15) is 22.3 Å². The number of likely N-dealkylation sites (tertiary alicyclic amines) is 1. The molecule has 0 saturated carbocycles. The van der Waals surface area contributed by atoms with Crippen LogP contribution in [0.2, 0.25) is 0 Å². The Bertz CT molecular complexity index is 718. The van der Waals surface area contributed by atoms with Gasteiger partial charge in [-0.15, -0.1) is 0 Å². The van der Waals surface area contributed by atoms with Crippen molar-refractivity contribution in [2.75, 3.05) is 20.3 Å². The fourth-order valence-corrected chi connectivity index (χ4v) is 3.29. The number of hydrogen-bond donors (Lipinski definition) is 1. The molecule has 1 aromatic carbocycles. The molecule has 1 amide bonds. The fraction of sp³-hybridized carbons (Fsp3) is 0.368. The van der Waals surface area contributed by atoms with Crippen molar-refractivity contribution in [3.63, 3.8) is 0 Å². The SMILES string of the molecule is CO[C@@H]1C[C@@H](CO)N(C(=O)c2cccc(-c3ccccn3)c2C)C1. The van der Waals surface area contributed by atoms with Gasteiger partial charge in [0, 0.05) is 31.0 Å². The number of ether oxygens (including phenoxy) is 1.